The van der Waals surface area contributed by atoms with Crippen molar-refractivity contribution in [1.29, 1.82) is 0 Å². The fraction of sp³-hybridized carbons (Fsp3) is 0.300. The fourth-order valence-electron chi connectivity index (χ4n) is 2.05. The predicted molar refractivity (Wildman–Crippen MR) is 61.9 cm³/mol. The lowest BCUT2D eigenvalue weighted by Gasteiger charge is -2.23. The summed E-state index contributed by atoms with van der Waals surface area (Å²) in [6.07, 6.45) is 0. The van der Waals surface area contributed by atoms with Crippen molar-refractivity contribution in [2.24, 2.45) is 0 Å². The van der Waals surface area contributed by atoms with Crippen LogP contribution in [0.5, 0.6) is 0 Å². The van der Waals surface area contributed by atoms with Gasteiger partial charge in [0.05, 0.1) is 14.6 Å². The Kier molecular flexibility index (Phi) is 1.85. The first kappa shape index (κ1) is 9.24. The number of carbonyl (C=O) groups excluding carboxylic acids is 1. The first-order chi connectivity index (χ1) is 7.16. The van der Waals surface area contributed by atoms with E-state index >= 15 is 0 Å². The molecule has 5 heteroatoms. The van der Waals surface area contributed by atoms with Crippen molar-refractivity contribution in [3.63, 3.8) is 0 Å². The van der Waals surface area contributed by atoms with Crippen LogP contribution < -0.4 is 5.32 Å². The number of rotatable bonds is 0. The molecule has 0 saturated carbocycles. The van der Waals surface area contributed by atoms with Gasteiger partial charge in [-0.25, -0.2) is 0 Å². The van der Waals surface area contributed by atoms with Gasteiger partial charge in [0.2, 0.25) is 0 Å². The number of hydrogen-bond acceptors (Lipinski definition) is 2. The van der Waals surface area contributed by atoms with Crippen LogP contribution >= 0.6 is 22.9 Å². The Morgan fingerprint density at radius 1 is 1.60 bits per heavy atom. The van der Waals surface area contributed by atoms with Crippen LogP contribution in [0.15, 0.2) is 12.1 Å². The van der Waals surface area contributed by atoms with E-state index in [1.165, 1.54) is 11.3 Å². The third-order valence-corrected chi connectivity index (χ3v) is 3.93. The largest absolute Gasteiger partial charge is 0.349 e. The van der Waals surface area contributed by atoms with Crippen molar-refractivity contribution in [2.45, 2.75) is 13.0 Å². The molecule has 1 amide bonds. The van der Waals surface area contributed by atoms with Crippen molar-refractivity contribution in [3.05, 3.63) is 22.2 Å². The highest BCUT2D eigenvalue weighted by Crippen LogP contribution is 2.34. The zero-order valence-corrected chi connectivity index (χ0v) is 9.65. The molecule has 2 aromatic rings. The number of aromatic nitrogens is 1. The van der Waals surface area contributed by atoms with Gasteiger partial charge in [0, 0.05) is 12.6 Å². The summed E-state index contributed by atoms with van der Waals surface area (Å²) >= 11 is 7.47. The van der Waals surface area contributed by atoms with Gasteiger partial charge in [-0.15, -0.1) is 11.3 Å². The van der Waals surface area contributed by atoms with Crippen LogP contribution in [-0.2, 0) is 0 Å². The zero-order valence-electron chi connectivity index (χ0n) is 8.08. The molecule has 3 nitrogen and oxygen atoms in total. The second kappa shape index (κ2) is 3.00. The Morgan fingerprint density at radius 3 is 3.20 bits per heavy atom. The highest BCUT2D eigenvalue weighted by molar-refractivity contribution is 7.22. The summed E-state index contributed by atoms with van der Waals surface area (Å²) in [7, 11) is 0. The maximum atomic E-state index is 11.6. The van der Waals surface area contributed by atoms with Gasteiger partial charge in [-0.3, -0.25) is 4.79 Å². The summed E-state index contributed by atoms with van der Waals surface area (Å²) in [5.41, 5.74) is 1.81. The van der Waals surface area contributed by atoms with Gasteiger partial charge in [-0.2, -0.15) is 0 Å². The maximum absolute atomic E-state index is 11.6. The number of amides is 1. The number of thiophene rings is 1. The Labute approximate surface area is 95.6 Å². The number of carbonyl (C=O) groups is 1. The fourth-order valence-corrected chi connectivity index (χ4v) is 3.22. The molecule has 1 atom stereocenters. The molecule has 1 aliphatic rings. The lowest BCUT2D eigenvalue weighted by molar-refractivity contribution is 0.0919. The second-order valence-corrected chi connectivity index (χ2v) is 5.47. The topological polar surface area (TPSA) is 34.0 Å². The minimum atomic E-state index is 0.00706. The molecule has 15 heavy (non-hydrogen) atoms. The number of hydrogen-bond donors (Lipinski definition) is 1. The average Bonchev–Trinajstić information content (AvgIpc) is 2.67. The minimum Gasteiger partial charge on any atom is -0.349 e. The van der Waals surface area contributed by atoms with Crippen LogP contribution in [0.25, 0.3) is 10.2 Å². The Balaban J connectivity index is 2.35. The molecule has 1 N–H and O–H groups in total. The van der Waals surface area contributed by atoms with Crippen molar-refractivity contribution < 1.29 is 4.79 Å². The standard InChI is InChI=1S/C10H9ClN2OS/c1-5-4-12-10(14)7-2-8-6(13(5)7)3-9(11)15-8/h2-3,5H,4H2,1H3,(H,12,14)/t5-/m1/s1. The van der Waals surface area contributed by atoms with E-state index < -0.39 is 0 Å². The second-order valence-electron chi connectivity index (χ2n) is 3.76. The van der Waals surface area contributed by atoms with E-state index in [0.717, 1.165) is 20.2 Å². The first-order valence-corrected chi connectivity index (χ1v) is 5.95. The van der Waals surface area contributed by atoms with Gasteiger partial charge < -0.3 is 9.88 Å². The predicted octanol–water partition coefficient (Wildman–Crippen LogP) is 2.66. The summed E-state index contributed by atoms with van der Waals surface area (Å²) < 4.78 is 3.92. The summed E-state index contributed by atoms with van der Waals surface area (Å²) in [6.45, 7) is 2.77. The molecule has 0 unspecified atom stereocenters. The van der Waals surface area contributed by atoms with Gasteiger partial charge >= 0.3 is 0 Å². The Hall–Kier alpha value is -1.00. The monoisotopic (exact) mass is 240 g/mol. The highest BCUT2D eigenvalue weighted by Gasteiger charge is 2.25. The van der Waals surface area contributed by atoms with Crippen molar-refractivity contribution in [2.75, 3.05) is 6.54 Å². The number of nitrogens with zero attached hydrogens (tertiary/aromatic N) is 1. The molecule has 0 bridgehead atoms. The zero-order chi connectivity index (χ0) is 10.6. The number of fused-ring (bicyclic) bond motifs is 3. The summed E-state index contributed by atoms with van der Waals surface area (Å²) in [6, 6.07) is 4.14. The van der Waals surface area contributed by atoms with E-state index in [1.54, 1.807) is 0 Å². The summed E-state index contributed by atoms with van der Waals surface area (Å²) in [5, 5.41) is 2.87. The lowest BCUT2D eigenvalue weighted by Crippen LogP contribution is -2.37. The van der Waals surface area contributed by atoms with E-state index in [0.29, 0.717) is 12.6 Å². The SMILES string of the molecule is C[C@@H]1CNC(=O)c2cc3sc(Cl)cc3n21. The van der Waals surface area contributed by atoms with E-state index in [9.17, 15) is 4.79 Å². The number of nitrogens with one attached hydrogen (secondary N) is 1. The molecule has 0 fully saturated rings. The molecule has 0 aliphatic carbocycles. The Morgan fingerprint density at radius 2 is 2.40 bits per heavy atom. The van der Waals surface area contributed by atoms with Crippen LogP contribution in [0.2, 0.25) is 4.34 Å². The third kappa shape index (κ3) is 1.21. The molecule has 3 rings (SSSR count). The normalized spacial score (nSPS) is 20.4. The van der Waals surface area contributed by atoms with E-state index in [4.69, 9.17) is 11.6 Å². The summed E-state index contributed by atoms with van der Waals surface area (Å²) in [5.74, 6) is 0.00706. The first-order valence-electron chi connectivity index (χ1n) is 4.75. The molecule has 0 spiro atoms. The molecular weight excluding hydrogens is 232 g/mol. The van der Waals surface area contributed by atoms with E-state index in [1.807, 2.05) is 12.1 Å². The molecule has 0 aromatic carbocycles. The molecule has 2 aromatic heterocycles. The smallest absolute Gasteiger partial charge is 0.268 e. The van der Waals surface area contributed by atoms with Crippen molar-refractivity contribution in [3.8, 4) is 0 Å². The number of halogens is 1. The molecule has 0 radical (unpaired) electrons. The van der Waals surface area contributed by atoms with Gasteiger partial charge in [-0.1, -0.05) is 11.6 Å². The van der Waals surface area contributed by atoms with Crippen molar-refractivity contribution in [1.82, 2.24) is 9.88 Å². The minimum absolute atomic E-state index is 0.00706. The molecule has 3 heterocycles. The van der Waals surface area contributed by atoms with Crippen LogP contribution in [-0.4, -0.2) is 17.0 Å². The average molecular weight is 241 g/mol. The molecular formula is C10H9ClN2OS. The van der Waals surface area contributed by atoms with Crippen LogP contribution in [0.3, 0.4) is 0 Å². The van der Waals surface area contributed by atoms with E-state index in [-0.39, 0.29) is 5.91 Å². The third-order valence-electron chi connectivity index (χ3n) is 2.73. The van der Waals surface area contributed by atoms with Gasteiger partial charge in [0.25, 0.3) is 5.91 Å². The van der Waals surface area contributed by atoms with Crippen LogP contribution in [0, 0.1) is 0 Å². The molecule has 1 aliphatic heterocycles. The maximum Gasteiger partial charge on any atom is 0.268 e. The molecule has 78 valence electrons. The summed E-state index contributed by atoms with van der Waals surface area (Å²) in [4.78, 5) is 11.6. The van der Waals surface area contributed by atoms with Gasteiger partial charge in [-0.05, 0) is 19.1 Å². The molecule has 0 saturated heterocycles. The van der Waals surface area contributed by atoms with Gasteiger partial charge in [0.15, 0.2) is 0 Å². The van der Waals surface area contributed by atoms with Crippen LogP contribution in [0.4, 0.5) is 0 Å². The lowest BCUT2D eigenvalue weighted by atomic mass is 10.2. The Bertz CT molecular complexity index is 557. The van der Waals surface area contributed by atoms with Crippen LogP contribution in [0.1, 0.15) is 23.5 Å². The van der Waals surface area contributed by atoms with E-state index in [2.05, 4.69) is 16.8 Å². The highest BCUT2D eigenvalue weighted by atomic mass is 35.5. The van der Waals surface area contributed by atoms with Gasteiger partial charge in [0.1, 0.15) is 5.69 Å². The quantitative estimate of drug-likeness (QED) is 0.755. The van der Waals surface area contributed by atoms with Crippen molar-refractivity contribution >= 4 is 39.1 Å².